The molecule has 4 atom stereocenters. The van der Waals surface area contributed by atoms with Crippen LogP contribution in [0.5, 0.6) is 0 Å². The molecule has 0 aromatic carbocycles. The minimum Gasteiger partial charge on any atom is -0.394 e. The quantitative estimate of drug-likeness (QED) is 0.640. The number of ether oxygens (including phenoxy) is 1. The van der Waals surface area contributed by atoms with Crippen molar-refractivity contribution >= 4 is 12.2 Å². The number of hydrogen-bond donors (Lipinski definition) is 3. The first kappa shape index (κ1) is 12.5. The van der Waals surface area contributed by atoms with Crippen LogP contribution in [-0.4, -0.2) is 56.9 Å². The summed E-state index contributed by atoms with van der Waals surface area (Å²) in [5.74, 6) is 0.640. The molecule has 3 rings (SSSR count). The van der Waals surface area contributed by atoms with Gasteiger partial charge >= 0.3 is 0 Å². The number of nitrogens with zero attached hydrogens (tertiary/aromatic N) is 4. The summed E-state index contributed by atoms with van der Waals surface area (Å²) < 4.78 is 7.34. The van der Waals surface area contributed by atoms with E-state index in [0.29, 0.717) is 17.9 Å². The van der Waals surface area contributed by atoms with Crippen LogP contribution in [0.4, 0.5) is 5.82 Å². The Bertz CT molecular complexity index is 503. The largest absolute Gasteiger partial charge is 0.394 e. The van der Waals surface area contributed by atoms with Crippen molar-refractivity contribution in [3.63, 3.8) is 0 Å². The number of hydrogen-bond acceptors (Lipinski definition) is 7. The van der Waals surface area contributed by atoms with Crippen LogP contribution in [0.3, 0.4) is 0 Å². The molecule has 4 N–H and O–H groups in total. The number of aliphatic imine (C=N–C) groups is 1. The average molecular weight is 267 g/mol. The lowest BCUT2D eigenvalue weighted by Crippen LogP contribution is -2.32. The van der Waals surface area contributed by atoms with E-state index in [1.165, 1.54) is 0 Å². The topological polar surface area (TPSA) is 109 Å². The fraction of sp³-hybridized carbons (Fsp3) is 0.636. The van der Waals surface area contributed by atoms with E-state index < -0.39 is 12.2 Å². The molecule has 2 aliphatic heterocycles. The predicted octanol–water partition coefficient (Wildman–Crippen LogP) is -0.914. The molecular weight excluding hydrogens is 250 g/mol. The molecule has 19 heavy (non-hydrogen) atoms. The number of aromatic nitrogens is 2. The summed E-state index contributed by atoms with van der Waals surface area (Å²) in [6.45, 7) is -0.208. The second-order valence-electron chi connectivity index (χ2n) is 4.83. The Labute approximate surface area is 110 Å². The Balaban J connectivity index is 1.89. The SMILES string of the molecule is CN1C=Nc2c(ncn2[C@H]2C[C@H](O)[C@@H](CO)O2)C1N. The molecule has 0 bridgehead atoms. The highest BCUT2D eigenvalue weighted by molar-refractivity contribution is 5.65. The van der Waals surface area contributed by atoms with Crippen molar-refractivity contribution in [2.45, 2.75) is 31.0 Å². The monoisotopic (exact) mass is 267 g/mol. The van der Waals surface area contributed by atoms with Gasteiger partial charge in [0.25, 0.3) is 0 Å². The summed E-state index contributed by atoms with van der Waals surface area (Å²) in [5, 5.41) is 18.9. The highest BCUT2D eigenvalue weighted by Crippen LogP contribution is 2.36. The van der Waals surface area contributed by atoms with Crippen molar-refractivity contribution in [3.8, 4) is 0 Å². The Morgan fingerprint density at radius 2 is 2.37 bits per heavy atom. The number of imidazole rings is 1. The molecule has 2 aliphatic rings. The molecule has 0 spiro atoms. The van der Waals surface area contributed by atoms with Gasteiger partial charge in [0.05, 0.1) is 25.4 Å². The maximum absolute atomic E-state index is 9.77. The lowest BCUT2D eigenvalue weighted by molar-refractivity contribution is -0.0438. The van der Waals surface area contributed by atoms with E-state index in [1.807, 2.05) is 7.05 Å². The first-order valence-electron chi connectivity index (χ1n) is 6.14. The van der Waals surface area contributed by atoms with Crippen molar-refractivity contribution in [1.29, 1.82) is 0 Å². The third-order valence-corrected chi connectivity index (χ3v) is 3.57. The van der Waals surface area contributed by atoms with Gasteiger partial charge in [-0.25, -0.2) is 9.98 Å². The van der Waals surface area contributed by atoms with E-state index in [4.69, 9.17) is 15.6 Å². The Morgan fingerprint density at radius 3 is 3.05 bits per heavy atom. The highest BCUT2D eigenvalue weighted by atomic mass is 16.5. The number of fused-ring (bicyclic) bond motifs is 1. The first-order valence-corrected chi connectivity index (χ1v) is 6.14. The van der Waals surface area contributed by atoms with E-state index in [-0.39, 0.29) is 19.0 Å². The molecule has 1 saturated heterocycles. The van der Waals surface area contributed by atoms with Gasteiger partial charge in [0, 0.05) is 13.5 Å². The Hall–Kier alpha value is -1.48. The Morgan fingerprint density at radius 1 is 1.58 bits per heavy atom. The van der Waals surface area contributed by atoms with Crippen LogP contribution >= 0.6 is 0 Å². The zero-order chi connectivity index (χ0) is 13.6. The standard InChI is InChI=1S/C11H17N5O3/c1-15-4-14-11-9(10(15)12)13-5-16(11)8-2-6(18)7(3-17)19-8/h4-8,10,17-18H,2-3,12H2,1H3/t6-,7+,8+,10?/m0/s1. The van der Waals surface area contributed by atoms with Gasteiger partial charge in [0.2, 0.25) is 0 Å². The van der Waals surface area contributed by atoms with Crippen LogP contribution in [0.15, 0.2) is 11.3 Å². The molecule has 8 nitrogen and oxygen atoms in total. The fourth-order valence-electron chi connectivity index (χ4n) is 2.38. The van der Waals surface area contributed by atoms with Gasteiger partial charge in [-0.05, 0) is 0 Å². The third kappa shape index (κ3) is 1.93. The van der Waals surface area contributed by atoms with Crippen LogP contribution in [0, 0.1) is 0 Å². The molecule has 0 amide bonds. The van der Waals surface area contributed by atoms with Crippen LogP contribution in [0.2, 0.25) is 0 Å². The minimum absolute atomic E-state index is 0.208. The average Bonchev–Trinajstić information content (AvgIpc) is 2.97. The predicted molar refractivity (Wildman–Crippen MR) is 66.7 cm³/mol. The second-order valence-corrected chi connectivity index (χ2v) is 4.83. The van der Waals surface area contributed by atoms with Crippen molar-refractivity contribution < 1.29 is 14.9 Å². The summed E-state index contributed by atoms with van der Waals surface area (Å²) in [7, 11) is 1.83. The van der Waals surface area contributed by atoms with Gasteiger partial charge in [0.15, 0.2) is 5.82 Å². The number of nitrogens with two attached hydrogens (primary N) is 1. The minimum atomic E-state index is -0.683. The molecule has 104 valence electrons. The van der Waals surface area contributed by atoms with Crippen molar-refractivity contribution in [3.05, 3.63) is 12.0 Å². The van der Waals surface area contributed by atoms with Gasteiger partial charge in [-0.15, -0.1) is 0 Å². The van der Waals surface area contributed by atoms with Gasteiger partial charge in [-0.3, -0.25) is 4.57 Å². The van der Waals surface area contributed by atoms with Gasteiger partial charge in [0.1, 0.15) is 24.2 Å². The van der Waals surface area contributed by atoms with E-state index in [0.717, 1.165) is 0 Å². The molecule has 1 aromatic heterocycles. The summed E-state index contributed by atoms with van der Waals surface area (Å²) in [6.07, 6.45) is 1.68. The van der Waals surface area contributed by atoms with Crippen LogP contribution in [0.1, 0.15) is 24.5 Å². The third-order valence-electron chi connectivity index (χ3n) is 3.57. The van der Waals surface area contributed by atoms with Crippen molar-refractivity contribution in [2.24, 2.45) is 10.7 Å². The molecule has 0 aliphatic carbocycles. The van der Waals surface area contributed by atoms with E-state index in [9.17, 15) is 5.11 Å². The van der Waals surface area contributed by atoms with Crippen molar-refractivity contribution in [2.75, 3.05) is 13.7 Å². The molecule has 1 fully saturated rings. The summed E-state index contributed by atoms with van der Waals surface area (Å²) >= 11 is 0. The molecule has 1 unspecified atom stereocenters. The number of aliphatic hydroxyl groups is 2. The van der Waals surface area contributed by atoms with E-state index >= 15 is 0 Å². The van der Waals surface area contributed by atoms with Gasteiger partial charge in [-0.1, -0.05) is 0 Å². The van der Waals surface area contributed by atoms with E-state index in [2.05, 4.69) is 9.98 Å². The van der Waals surface area contributed by atoms with Gasteiger partial charge in [-0.2, -0.15) is 0 Å². The fourth-order valence-corrected chi connectivity index (χ4v) is 2.38. The van der Waals surface area contributed by atoms with Gasteiger partial charge < -0.3 is 25.6 Å². The molecule has 1 aromatic rings. The first-order chi connectivity index (χ1) is 9.11. The number of aliphatic hydroxyl groups excluding tert-OH is 2. The molecule has 0 saturated carbocycles. The summed E-state index contributed by atoms with van der Waals surface area (Å²) in [6, 6.07) is 0. The number of rotatable bonds is 2. The van der Waals surface area contributed by atoms with Crippen LogP contribution in [-0.2, 0) is 4.74 Å². The molecular formula is C11H17N5O3. The maximum Gasteiger partial charge on any atom is 0.162 e. The van der Waals surface area contributed by atoms with Crippen LogP contribution in [0.25, 0.3) is 0 Å². The maximum atomic E-state index is 9.77. The second kappa shape index (κ2) is 4.57. The smallest absolute Gasteiger partial charge is 0.162 e. The normalized spacial score (nSPS) is 33.8. The van der Waals surface area contributed by atoms with Crippen molar-refractivity contribution in [1.82, 2.24) is 14.5 Å². The highest BCUT2D eigenvalue weighted by Gasteiger charge is 2.36. The zero-order valence-corrected chi connectivity index (χ0v) is 10.5. The molecule has 3 heterocycles. The summed E-state index contributed by atoms with van der Waals surface area (Å²) in [4.78, 5) is 10.3. The summed E-state index contributed by atoms with van der Waals surface area (Å²) in [5.41, 5.74) is 6.69. The molecule has 8 heteroatoms. The Kier molecular flexibility index (Phi) is 3.02. The lowest BCUT2D eigenvalue weighted by Gasteiger charge is -2.25. The van der Waals surface area contributed by atoms with E-state index in [1.54, 1.807) is 22.1 Å². The molecule has 0 radical (unpaired) electrons. The zero-order valence-electron chi connectivity index (χ0n) is 10.5. The lowest BCUT2D eigenvalue weighted by atomic mass is 10.2. The van der Waals surface area contributed by atoms with Crippen LogP contribution < -0.4 is 5.73 Å².